The van der Waals surface area contributed by atoms with Gasteiger partial charge in [-0.15, -0.1) is 6.58 Å². The number of halogens is 1. The van der Waals surface area contributed by atoms with Crippen LogP contribution in [0.3, 0.4) is 0 Å². The largest absolute Gasteiger partial charge is 0.365 e. The fourth-order valence-electron chi connectivity index (χ4n) is 1.99. The summed E-state index contributed by atoms with van der Waals surface area (Å²) in [6.45, 7) is 4.86. The molecule has 0 aromatic heterocycles. The summed E-state index contributed by atoms with van der Waals surface area (Å²) in [6, 6.07) is 7.09. The monoisotopic (exact) mass is 191 g/mol. The molecular formula is C12H14FN. The van der Waals surface area contributed by atoms with Crippen LogP contribution in [0, 0.1) is 5.82 Å². The van der Waals surface area contributed by atoms with Gasteiger partial charge >= 0.3 is 0 Å². The predicted octanol–water partition coefficient (Wildman–Crippen LogP) is 2.98. The summed E-state index contributed by atoms with van der Waals surface area (Å²) in [5.74, 6) is -0.178. The molecule has 0 aliphatic carbocycles. The van der Waals surface area contributed by atoms with Gasteiger partial charge in [0, 0.05) is 18.3 Å². The Morgan fingerprint density at radius 3 is 2.71 bits per heavy atom. The van der Waals surface area contributed by atoms with Crippen molar-refractivity contribution in [2.75, 3.05) is 11.4 Å². The molecule has 0 amide bonds. The maximum absolute atomic E-state index is 12.7. The summed E-state index contributed by atoms with van der Waals surface area (Å²) in [4.78, 5) is 2.27. The molecule has 1 fully saturated rings. The van der Waals surface area contributed by atoms with Crippen LogP contribution in [-0.4, -0.2) is 12.6 Å². The van der Waals surface area contributed by atoms with Gasteiger partial charge in [0.25, 0.3) is 0 Å². The number of rotatable bonds is 2. The molecule has 1 heterocycles. The zero-order valence-electron chi connectivity index (χ0n) is 8.12. The van der Waals surface area contributed by atoms with E-state index in [1.807, 2.05) is 18.2 Å². The number of anilines is 1. The van der Waals surface area contributed by atoms with Crippen molar-refractivity contribution in [2.24, 2.45) is 0 Å². The lowest BCUT2D eigenvalue weighted by atomic mass is 10.2. The first-order chi connectivity index (χ1) is 6.81. The third-order valence-electron chi connectivity index (χ3n) is 2.73. The van der Waals surface area contributed by atoms with Crippen molar-refractivity contribution in [1.29, 1.82) is 0 Å². The second-order valence-electron chi connectivity index (χ2n) is 3.62. The van der Waals surface area contributed by atoms with E-state index >= 15 is 0 Å². The minimum Gasteiger partial charge on any atom is -0.365 e. The van der Waals surface area contributed by atoms with Crippen molar-refractivity contribution in [2.45, 2.75) is 18.9 Å². The smallest absolute Gasteiger partial charge is 0.123 e. The van der Waals surface area contributed by atoms with Crippen molar-refractivity contribution in [1.82, 2.24) is 0 Å². The van der Waals surface area contributed by atoms with Crippen molar-refractivity contribution < 1.29 is 4.39 Å². The Labute approximate surface area is 83.9 Å². The molecule has 2 rings (SSSR count). The molecule has 0 spiro atoms. The molecule has 1 aromatic carbocycles. The molecule has 2 heteroatoms. The normalized spacial score (nSPS) is 21.2. The van der Waals surface area contributed by atoms with Crippen LogP contribution in [0.5, 0.6) is 0 Å². The Kier molecular flexibility index (Phi) is 2.53. The summed E-state index contributed by atoms with van der Waals surface area (Å²) < 4.78 is 12.7. The van der Waals surface area contributed by atoms with Gasteiger partial charge in [0.1, 0.15) is 5.82 Å². The highest BCUT2D eigenvalue weighted by Crippen LogP contribution is 2.25. The number of hydrogen-bond acceptors (Lipinski definition) is 1. The second kappa shape index (κ2) is 3.82. The zero-order chi connectivity index (χ0) is 9.97. The minimum atomic E-state index is -0.178. The second-order valence-corrected chi connectivity index (χ2v) is 3.62. The minimum absolute atomic E-state index is 0.178. The van der Waals surface area contributed by atoms with Crippen molar-refractivity contribution in [3.63, 3.8) is 0 Å². The van der Waals surface area contributed by atoms with E-state index in [0.717, 1.165) is 18.7 Å². The molecule has 1 aliphatic heterocycles. The molecule has 0 bridgehead atoms. The Morgan fingerprint density at radius 1 is 1.36 bits per heavy atom. The first-order valence-corrected chi connectivity index (χ1v) is 4.96. The van der Waals surface area contributed by atoms with Gasteiger partial charge in [-0.2, -0.15) is 0 Å². The topological polar surface area (TPSA) is 3.24 Å². The number of benzene rings is 1. The quantitative estimate of drug-likeness (QED) is 0.649. The van der Waals surface area contributed by atoms with Gasteiger partial charge in [0.05, 0.1) is 0 Å². The lowest BCUT2D eigenvalue weighted by Gasteiger charge is -2.24. The van der Waals surface area contributed by atoms with Crippen LogP contribution in [0.2, 0.25) is 0 Å². The van der Waals surface area contributed by atoms with Gasteiger partial charge in [-0.3, -0.25) is 0 Å². The molecule has 0 saturated carbocycles. The van der Waals surface area contributed by atoms with Gasteiger partial charge in [0.2, 0.25) is 0 Å². The summed E-state index contributed by atoms with van der Waals surface area (Å²) in [5.41, 5.74) is 1.09. The fourth-order valence-corrected chi connectivity index (χ4v) is 1.99. The van der Waals surface area contributed by atoms with E-state index in [2.05, 4.69) is 11.5 Å². The van der Waals surface area contributed by atoms with Gasteiger partial charge < -0.3 is 4.90 Å². The fraction of sp³-hybridized carbons (Fsp3) is 0.333. The molecule has 1 aliphatic rings. The van der Waals surface area contributed by atoms with Crippen LogP contribution >= 0.6 is 0 Å². The third kappa shape index (κ3) is 1.65. The lowest BCUT2D eigenvalue weighted by Crippen LogP contribution is -2.26. The standard InChI is InChI=1S/C12H14FN/c1-2-11-4-3-9-14(11)12-7-5-10(13)6-8-12/h2,5-8,11H,1,3-4,9H2. The summed E-state index contributed by atoms with van der Waals surface area (Å²) >= 11 is 0. The molecule has 0 radical (unpaired) electrons. The van der Waals surface area contributed by atoms with Gasteiger partial charge in [-0.05, 0) is 37.1 Å². The maximum atomic E-state index is 12.7. The first-order valence-electron chi connectivity index (χ1n) is 4.96. The molecule has 1 saturated heterocycles. The van der Waals surface area contributed by atoms with Crippen LogP contribution in [0.1, 0.15) is 12.8 Å². The third-order valence-corrected chi connectivity index (χ3v) is 2.73. The van der Waals surface area contributed by atoms with Crippen molar-refractivity contribution in [3.8, 4) is 0 Å². The predicted molar refractivity (Wildman–Crippen MR) is 57.0 cm³/mol. The average Bonchev–Trinajstić information content (AvgIpc) is 2.67. The summed E-state index contributed by atoms with van der Waals surface area (Å²) in [6.07, 6.45) is 4.31. The first kappa shape index (κ1) is 9.25. The van der Waals surface area contributed by atoms with E-state index in [9.17, 15) is 4.39 Å². The Hall–Kier alpha value is -1.31. The molecule has 14 heavy (non-hydrogen) atoms. The highest BCUT2D eigenvalue weighted by molar-refractivity contribution is 5.49. The molecule has 0 N–H and O–H groups in total. The number of hydrogen-bond donors (Lipinski definition) is 0. The Bertz CT molecular complexity index is 318. The number of nitrogens with zero attached hydrogens (tertiary/aromatic N) is 1. The van der Waals surface area contributed by atoms with E-state index < -0.39 is 0 Å². The van der Waals surface area contributed by atoms with Gasteiger partial charge in [-0.25, -0.2) is 4.39 Å². The van der Waals surface area contributed by atoms with E-state index in [0.29, 0.717) is 6.04 Å². The van der Waals surface area contributed by atoms with Crippen molar-refractivity contribution in [3.05, 3.63) is 42.7 Å². The van der Waals surface area contributed by atoms with Crippen LogP contribution in [0.25, 0.3) is 0 Å². The Morgan fingerprint density at radius 2 is 2.07 bits per heavy atom. The summed E-state index contributed by atoms with van der Waals surface area (Å²) in [5, 5.41) is 0. The van der Waals surface area contributed by atoms with E-state index in [4.69, 9.17) is 0 Å². The summed E-state index contributed by atoms with van der Waals surface area (Å²) in [7, 11) is 0. The van der Waals surface area contributed by atoms with Gasteiger partial charge in [-0.1, -0.05) is 6.08 Å². The zero-order valence-corrected chi connectivity index (χ0v) is 8.12. The van der Waals surface area contributed by atoms with Crippen LogP contribution < -0.4 is 4.90 Å². The van der Waals surface area contributed by atoms with Crippen LogP contribution in [-0.2, 0) is 0 Å². The molecule has 1 nitrogen and oxygen atoms in total. The average molecular weight is 191 g/mol. The van der Waals surface area contributed by atoms with E-state index in [1.165, 1.54) is 18.6 Å². The Balaban J connectivity index is 2.21. The van der Waals surface area contributed by atoms with Crippen molar-refractivity contribution >= 4 is 5.69 Å². The molecule has 1 unspecified atom stereocenters. The maximum Gasteiger partial charge on any atom is 0.123 e. The van der Waals surface area contributed by atoms with Gasteiger partial charge in [0.15, 0.2) is 0 Å². The highest BCUT2D eigenvalue weighted by atomic mass is 19.1. The van der Waals surface area contributed by atoms with Crippen LogP contribution in [0.4, 0.5) is 10.1 Å². The highest BCUT2D eigenvalue weighted by Gasteiger charge is 2.21. The van der Waals surface area contributed by atoms with E-state index in [1.54, 1.807) is 0 Å². The van der Waals surface area contributed by atoms with Crippen LogP contribution in [0.15, 0.2) is 36.9 Å². The molecule has 1 aromatic rings. The lowest BCUT2D eigenvalue weighted by molar-refractivity contribution is 0.627. The molecule has 1 atom stereocenters. The SMILES string of the molecule is C=CC1CCCN1c1ccc(F)cc1. The molecule has 74 valence electrons. The molecular weight excluding hydrogens is 177 g/mol. The van der Waals surface area contributed by atoms with E-state index in [-0.39, 0.29) is 5.82 Å².